The van der Waals surface area contributed by atoms with Crippen molar-refractivity contribution in [2.24, 2.45) is 5.92 Å². The van der Waals surface area contributed by atoms with E-state index in [1.165, 1.54) is 12.1 Å². The van der Waals surface area contributed by atoms with Crippen LogP contribution >= 0.6 is 0 Å². The smallest absolute Gasteiger partial charge is 0.426 e. The van der Waals surface area contributed by atoms with Crippen molar-refractivity contribution in [3.8, 4) is 5.75 Å². The molecular weight excluding hydrogens is 399 g/mol. The quantitative estimate of drug-likeness (QED) is 0.250. The predicted octanol–water partition coefficient (Wildman–Crippen LogP) is 7.86. The molecule has 30 heavy (non-hydrogen) atoms. The Morgan fingerprint density at radius 2 is 1.53 bits per heavy atom. The molecule has 1 aliphatic carbocycles. The first-order chi connectivity index (χ1) is 14.3. The number of halogens is 5. The lowest BCUT2D eigenvalue weighted by Crippen LogP contribution is -2.22. The van der Waals surface area contributed by atoms with Gasteiger partial charge in [0, 0.05) is 12.1 Å². The van der Waals surface area contributed by atoms with Crippen molar-refractivity contribution >= 4 is 0 Å². The second-order valence-corrected chi connectivity index (χ2v) is 7.77. The van der Waals surface area contributed by atoms with Gasteiger partial charge < -0.3 is 4.74 Å². The fraction of sp³-hybridized carbons (Fsp3) is 0.417. The number of alkyl halides is 2. The van der Waals surface area contributed by atoms with E-state index in [0.717, 1.165) is 44.1 Å². The van der Waals surface area contributed by atoms with E-state index in [9.17, 15) is 22.0 Å². The van der Waals surface area contributed by atoms with Gasteiger partial charge in [-0.1, -0.05) is 31.2 Å². The molecule has 0 atom stereocenters. The van der Waals surface area contributed by atoms with E-state index in [1.54, 1.807) is 12.1 Å². The highest BCUT2D eigenvalue weighted by Gasteiger charge is 2.35. The Bertz CT molecular complexity index is 845. The number of hydrogen-bond acceptors (Lipinski definition) is 1. The first-order valence-electron chi connectivity index (χ1n) is 10.3. The summed E-state index contributed by atoms with van der Waals surface area (Å²) in [4.78, 5) is 0. The fourth-order valence-corrected chi connectivity index (χ4v) is 3.93. The third-order valence-electron chi connectivity index (χ3n) is 5.64. The molecule has 0 aliphatic heterocycles. The molecule has 6 heteroatoms. The molecule has 0 bridgehead atoms. The standard InChI is InChI=1S/C24H25F5O/c1-2-3-4-5-16-6-8-17(9-7-16)18-10-12-19(13-11-18)24(28,29)30-20-14-21(25)23(27)22(26)15-20/h3-4,10-17H,2,5-9H2,1H3. The van der Waals surface area contributed by atoms with Gasteiger partial charge in [-0.05, 0) is 68.1 Å². The van der Waals surface area contributed by atoms with Crippen molar-refractivity contribution in [2.75, 3.05) is 0 Å². The van der Waals surface area contributed by atoms with Gasteiger partial charge in [0.2, 0.25) is 0 Å². The Hall–Kier alpha value is -2.37. The molecule has 1 fully saturated rings. The summed E-state index contributed by atoms with van der Waals surface area (Å²) in [7, 11) is 0. The van der Waals surface area contributed by atoms with Crippen molar-refractivity contribution in [1.29, 1.82) is 0 Å². The molecule has 0 N–H and O–H groups in total. The van der Waals surface area contributed by atoms with Crippen LogP contribution in [0.2, 0.25) is 0 Å². The van der Waals surface area contributed by atoms with Crippen molar-refractivity contribution < 1.29 is 26.7 Å². The maximum absolute atomic E-state index is 14.4. The molecular formula is C24H25F5O. The molecule has 0 amide bonds. The van der Waals surface area contributed by atoms with E-state index in [1.807, 2.05) is 0 Å². The van der Waals surface area contributed by atoms with Crippen LogP contribution in [0.25, 0.3) is 0 Å². The molecule has 0 aromatic heterocycles. The summed E-state index contributed by atoms with van der Waals surface area (Å²) in [6.07, 6.45) is 7.01. The Balaban J connectivity index is 1.63. The summed E-state index contributed by atoms with van der Waals surface area (Å²) in [5, 5.41) is 0. The first-order valence-corrected chi connectivity index (χ1v) is 10.3. The van der Waals surface area contributed by atoms with Crippen molar-refractivity contribution in [3.05, 3.63) is 77.1 Å². The van der Waals surface area contributed by atoms with Crippen molar-refractivity contribution in [2.45, 2.75) is 57.5 Å². The lowest BCUT2D eigenvalue weighted by Gasteiger charge is -2.28. The Labute approximate surface area is 173 Å². The molecule has 0 unspecified atom stereocenters. The second-order valence-electron chi connectivity index (χ2n) is 7.77. The van der Waals surface area contributed by atoms with Gasteiger partial charge in [-0.15, -0.1) is 0 Å². The zero-order chi connectivity index (χ0) is 21.7. The zero-order valence-corrected chi connectivity index (χ0v) is 16.8. The van der Waals surface area contributed by atoms with E-state index in [4.69, 9.17) is 0 Å². The molecule has 1 aliphatic rings. The third kappa shape index (κ3) is 5.41. The average molecular weight is 424 g/mol. The molecule has 0 spiro atoms. The highest BCUT2D eigenvalue weighted by Crippen LogP contribution is 2.39. The highest BCUT2D eigenvalue weighted by molar-refractivity contribution is 5.30. The van der Waals surface area contributed by atoms with Crippen LogP contribution < -0.4 is 4.74 Å². The monoisotopic (exact) mass is 424 g/mol. The number of allylic oxidation sites excluding steroid dienone is 2. The summed E-state index contributed by atoms with van der Waals surface area (Å²) >= 11 is 0. The summed E-state index contributed by atoms with van der Waals surface area (Å²) in [6.45, 7) is 2.11. The van der Waals surface area contributed by atoms with Gasteiger partial charge in [0.25, 0.3) is 0 Å². The van der Waals surface area contributed by atoms with Crippen molar-refractivity contribution in [3.63, 3.8) is 0 Å². The van der Waals surface area contributed by atoms with Crippen LogP contribution in [0.5, 0.6) is 5.75 Å². The van der Waals surface area contributed by atoms with Gasteiger partial charge in [-0.3, -0.25) is 0 Å². The van der Waals surface area contributed by atoms with Gasteiger partial charge in [-0.2, -0.15) is 8.78 Å². The van der Waals surface area contributed by atoms with Gasteiger partial charge in [-0.25, -0.2) is 13.2 Å². The van der Waals surface area contributed by atoms with Gasteiger partial charge >= 0.3 is 6.11 Å². The maximum Gasteiger partial charge on any atom is 0.426 e. The Morgan fingerprint density at radius 3 is 2.10 bits per heavy atom. The number of hydrogen-bond donors (Lipinski definition) is 0. The van der Waals surface area contributed by atoms with Crippen LogP contribution in [-0.2, 0) is 6.11 Å². The van der Waals surface area contributed by atoms with Crippen LogP contribution in [-0.4, -0.2) is 0 Å². The number of ether oxygens (including phenoxy) is 1. The van der Waals surface area contributed by atoms with E-state index < -0.39 is 34.9 Å². The normalized spacial score (nSPS) is 19.9. The predicted molar refractivity (Wildman–Crippen MR) is 106 cm³/mol. The van der Waals surface area contributed by atoms with E-state index in [2.05, 4.69) is 23.8 Å². The first kappa shape index (κ1) is 22.3. The molecule has 2 aromatic rings. The van der Waals surface area contributed by atoms with Crippen molar-refractivity contribution in [1.82, 2.24) is 0 Å². The molecule has 1 nitrogen and oxygen atoms in total. The largest absolute Gasteiger partial charge is 0.429 e. The lowest BCUT2D eigenvalue weighted by atomic mass is 9.77. The van der Waals surface area contributed by atoms with Crippen LogP contribution in [0, 0.1) is 23.4 Å². The summed E-state index contributed by atoms with van der Waals surface area (Å²) < 4.78 is 72.8. The Kier molecular flexibility index (Phi) is 7.16. The highest BCUT2D eigenvalue weighted by atomic mass is 19.3. The van der Waals surface area contributed by atoms with Crippen LogP contribution in [0.15, 0.2) is 48.6 Å². The van der Waals surface area contributed by atoms with E-state index >= 15 is 0 Å². The lowest BCUT2D eigenvalue weighted by molar-refractivity contribution is -0.185. The molecule has 0 heterocycles. The van der Waals surface area contributed by atoms with Gasteiger partial charge in [0.15, 0.2) is 17.5 Å². The molecule has 162 valence electrons. The summed E-state index contributed by atoms with van der Waals surface area (Å²) in [5.74, 6) is -4.67. The molecule has 0 saturated heterocycles. The van der Waals surface area contributed by atoms with Crippen LogP contribution in [0.3, 0.4) is 0 Å². The minimum atomic E-state index is -3.81. The maximum atomic E-state index is 14.4. The minimum absolute atomic E-state index is 0.334. The summed E-state index contributed by atoms with van der Waals surface area (Å²) in [5.41, 5.74) is 0.561. The summed E-state index contributed by atoms with van der Waals surface area (Å²) in [6, 6.07) is 6.63. The SMILES string of the molecule is CCC=CCC1CCC(c2ccc(C(F)(F)Oc3cc(F)c(F)c(F)c3)cc2)CC1. The van der Waals surface area contributed by atoms with E-state index in [0.29, 0.717) is 24.0 Å². The minimum Gasteiger partial charge on any atom is -0.429 e. The zero-order valence-electron chi connectivity index (χ0n) is 16.8. The molecule has 2 aromatic carbocycles. The topological polar surface area (TPSA) is 9.23 Å². The molecule has 1 saturated carbocycles. The van der Waals surface area contributed by atoms with E-state index in [-0.39, 0.29) is 0 Å². The number of benzene rings is 2. The number of rotatable bonds is 7. The Morgan fingerprint density at radius 1 is 0.933 bits per heavy atom. The average Bonchev–Trinajstić information content (AvgIpc) is 2.72. The van der Waals surface area contributed by atoms with Gasteiger partial charge in [0.05, 0.1) is 5.56 Å². The van der Waals surface area contributed by atoms with Gasteiger partial charge in [0.1, 0.15) is 5.75 Å². The van der Waals surface area contributed by atoms with Crippen LogP contribution in [0.4, 0.5) is 22.0 Å². The van der Waals surface area contributed by atoms with Crippen LogP contribution in [0.1, 0.15) is 62.5 Å². The molecule has 3 rings (SSSR count). The molecule has 0 radical (unpaired) electrons. The second kappa shape index (κ2) is 9.63. The third-order valence-corrected chi connectivity index (χ3v) is 5.64. The fourth-order valence-electron chi connectivity index (χ4n) is 3.93.